The van der Waals surface area contributed by atoms with Gasteiger partial charge in [-0.1, -0.05) is 32.8 Å². The van der Waals surface area contributed by atoms with Gasteiger partial charge in [0.2, 0.25) is 0 Å². The lowest BCUT2D eigenvalue weighted by Crippen LogP contribution is -2.35. The van der Waals surface area contributed by atoms with E-state index in [9.17, 15) is 0 Å². The van der Waals surface area contributed by atoms with Crippen molar-refractivity contribution in [3.63, 3.8) is 0 Å². The maximum absolute atomic E-state index is 6.64. The molecule has 0 radical (unpaired) electrons. The third-order valence-corrected chi connectivity index (χ3v) is 5.36. The van der Waals surface area contributed by atoms with Crippen LogP contribution >= 0.6 is 22.9 Å². The van der Waals surface area contributed by atoms with Crippen LogP contribution < -0.4 is 0 Å². The third kappa shape index (κ3) is 2.81. The highest BCUT2D eigenvalue weighted by molar-refractivity contribution is 7.09. The number of hydrogen-bond donors (Lipinski definition) is 0. The van der Waals surface area contributed by atoms with Gasteiger partial charge in [0.25, 0.3) is 0 Å². The predicted molar refractivity (Wildman–Crippen MR) is 73.4 cm³/mol. The molecule has 2 atom stereocenters. The molecule has 2 rings (SSSR count). The summed E-state index contributed by atoms with van der Waals surface area (Å²) < 4.78 is 0. The zero-order valence-electron chi connectivity index (χ0n) is 10.2. The molecule has 1 saturated carbocycles. The van der Waals surface area contributed by atoms with Crippen LogP contribution in [0.4, 0.5) is 0 Å². The molecule has 1 aromatic heterocycles. The van der Waals surface area contributed by atoms with E-state index in [2.05, 4.69) is 31.4 Å². The first-order chi connectivity index (χ1) is 7.59. The molecule has 0 saturated heterocycles. The van der Waals surface area contributed by atoms with E-state index in [1.54, 1.807) is 0 Å². The van der Waals surface area contributed by atoms with E-state index in [1.807, 2.05) is 11.3 Å². The second kappa shape index (κ2) is 5.10. The summed E-state index contributed by atoms with van der Waals surface area (Å²) in [5.74, 6) is 0.685. The van der Waals surface area contributed by atoms with Crippen molar-refractivity contribution in [3.8, 4) is 0 Å². The topological polar surface area (TPSA) is 0 Å². The van der Waals surface area contributed by atoms with E-state index in [0.717, 1.165) is 6.42 Å². The van der Waals surface area contributed by atoms with Crippen molar-refractivity contribution in [3.05, 3.63) is 22.4 Å². The molecular weight excluding hydrogens is 236 g/mol. The fourth-order valence-corrected chi connectivity index (χ4v) is 4.44. The molecule has 1 aromatic rings. The number of halogens is 1. The summed E-state index contributed by atoms with van der Waals surface area (Å²) in [6, 6.07) is 4.32. The highest BCUT2D eigenvalue weighted by Gasteiger charge is 2.36. The molecule has 0 N–H and O–H groups in total. The van der Waals surface area contributed by atoms with Crippen molar-refractivity contribution < 1.29 is 0 Å². The van der Waals surface area contributed by atoms with Gasteiger partial charge in [0.1, 0.15) is 0 Å². The van der Waals surface area contributed by atoms with Crippen molar-refractivity contribution in [2.45, 2.75) is 51.3 Å². The van der Waals surface area contributed by atoms with Crippen molar-refractivity contribution >= 4 is 22.9 Å². The summed E-state index contributed by atoms with van der Waals surface area (Å²) in [5, 5.41) is 2.46. The summed E-state index contributed by atoms with van der Waals surface area (Å²) in [6.07, 6.45) is 6.44. The van der Waals surface area contributed by atoms with Gasteiger partial charge in [0.05, 0.1) is 0 Å². The maximum Gasteiger partial charge on any atom is 0.0417 e. The number of hydrogen-bond acceptors (Lipinski definition) is 1. The number of thiophene rings is 1. The largest absolute Gasteiger partial charge is 0.149 e. The molecule has 1 heterocycles. The van der Waals surface area contributed by atoms with E-state index in [4.69, 9.17) is 11.6 Å². The summed E-state index contributed by atoms with van der Waals surface area (Å²) in [6.45, 7) is 4.78. The van der Waals surface area contributed by atoms with Gasteiger partial charge in [-0.05, 0) is 42.0 Å². The quantitative estimate of drug-likeness (QED) is 0.659. The lowest BCUT2D eigenvalue weighted by atomic mass is 9.67. The predicted octanol–water partition coefficient (Wildman–Crippen LogP) is 5.11. The van der Waals surface area contributed by atoms with Gasteiger partial charge in [-0.25, -0.2) is 0 Å². The Morgan fingerprint density at radius 1 is 1.50 bits per heavy atom. The van der Waals surface area contributed by atoms with Crippen LogP contribution in [0.3, 0.4) is 0 Å². The molecule has 0 aromatic carbocycles. The summed E-state index contributed by atoms with van der Waals surface area (Å²) in [5.41, 5.74) is 0.432. The molecule has 0 spiro atoms. The standard InChI is InChI=1S/C14H21ClS/c1-14(2)8-4-3-7-12(14)13(15)10-11-6-5-9-16-11/h5-6,9,12-13H,3-4,7-8,10H2,1-2H3. The molecule has 1 aliphatic rings. The van der Waals surface area contributed by atoms with Crippen LogP contribution in [0.15, 0.2) is 17.5 Å². The van der Waals surface area contributed by atoms with Crippen LogP contribution in [0.25, 0.3) is 0 Å². The first-order valence-electron chi connectivity index (χ1n) is 6.26. The van der Waals surface area contributed by atoms with Crippen molar-refractivity contribution in [1.82, 2.24) is 0 Å². The van der Waals surface area contributed by atoms with Gasteiger partial charge >= 0.3 is 0 Å². The molecule has 1 aliphatic carbocycles. The highest BCUT2D eigenvalue weighted by Crippen LogP contribution is 2.44. The Labute approximate surface area is 108 Å². The Bertz CT molecular complexity index is 315. The Kier molecular flexibility index (Phi) is 3.97. The number of alkyl halides is 1. The molecule has 16 heavy (non-hydrogen) atoms. The molecule has 2 unspecified atom stereocenters. The van der Waals surface area contributed by atoms with Gasteiger partial charge in [0, 0.05) is 10.3 Å². The average molecular weight is 257 g/mol. The highest BCUT2D eigenvalue weighted by atomic mass is 35.5. The van der Waals surface area contributed by atoms with Gasteiger partial charge in [-0.3, -0.25) is 0 Å². The first-order valence-corrected chi connectivity index (χ1v) is 7.58. The molecule has 0 aliphatic heterocycles. The molecule has 1 fully saturated rings. The van der Waals surface area contributed by atoms with Crippen molar-refractivity contribution in [2.75, 3.05) is 0 Å². The minimum atomic E-state index is 0.314. The molecule has 0 amide bonds. The lowest BCUT2D eigenvalue weighted by Gasteiger charge is -2.41. The van der Waals surface area contributed by atoms with Gasteiger partial charge in [-0.2, -0.15) is 0 Å². The Balaban J connectivity index is 2.00. The Morgan fingerprint density at radius 2 is 2.31 bits per heavy atom. The summed E-state index contributed by atoms with van der Waals surface area (Å²) in [7, 11) is 0. The smallest absolute Gasteiger partial charge is 0.0417 e. The second-order valence-electron chi connectivity index (χ2n) is 5.64. The Hall–Kier alpha value is -0.0100. The van der Waals surface area contributed by atoms with E-state index in [1.165, 1.54) is 30.6 Å². The second-order valence-corrected chi connectivity index (χ2v) is 7.23. The zero-order valence-corrected chi connectivity index (χ0v) is 11.8. The third-order valence-electron chi connectivity index (χ3n) is 4.00. The summed E-state index contributed by atoms with van der Waals surface area (Å²) >= 11 is 8.47. The van der Waals surface area contributed by atoms with E-state index in [0.29, 0.717) is 16.7 Å². The Morgan fingerprint density at radius 3 is 2.94 bits per heavy atom. The van der Waals surface area contributed by atoms with Crippen LogP contribution in [0.1, 0.15) is 44.4 Å². The normalized spacial score (nSPS) is 26.6. The molecular formula is C14H21ClS. The minimum Gasteiger partial charge on any atom is -0.149 e. The van der Waals surface area contributed by atoms with Crippen LogP contribution in [0.5, 0.6) is 0 Å². The number of rotatable bonds is 3. The van der Waals surface area contributed by atoms with Gasteiger partial charge in [-0.15, -0.1) is 22.9 Å². The van der Waals surface area contributed by atoms with E-state index < -0.39 is 0 Å². The molecule has 90 valence electrons. The van der Waals surface area contributed by atoms with Crippen LogP contribution in [-0.2, 0) is 6.42 Å². The maximum atomic E-state index is 6.64. The van der Waals surface area contributed by atoms with Gasteiger partial charge in [0.15, 0.2) is 0 Å². The molecule has 2 heteroatoms. The SMILES string of the molecule is CC1(C)CCCCC1C(Cl)Cc1cccs1. The van der Waals surface area contributed by atoms with Crippen LogP contribution in [-0.4, -0.2) is 5.38 Å². The van der Waals surface area contributed by atoms with E-state index in [-0.39, 0.29) is 0 Å². The van der Waals surface area contributed by atoms with Crippen molar-refractivity contribution in [1.29, 1.82) is 0 Å². The van der Waals surface area contributed by atoms with Crippen molar-refractivity contribution in [2.24, 2.45) is 11.3 Å². The lowest BCUT2D eigenvalue weighted by molar-refractivity contribution is 0.133. The minimum absolute atomic E-state index is 0.314. The summed E-state index contributed by atoms with van der Waals surface area (Å²) in [4.78, 5) is 1.43. The molecule has 0 bridgehead atoms. The monoisotopic (exact) mass is 256 g/mol. The van der Waals surface area contributed by atoms with Crippen LogP contribution in [0, 0.1) is 11.3 Å². The molecule has 0 nitrogen and oxygen atoms in total. The first kappa shape index (κ1) is 12.4. The average Bonchev–Trinajstić information content (AvgIpc) is 2.69. The fraction of sp³-hybridized carbons (Fsp3) is 0.714. The van der Waals surface area contributed by atoms with E-state index >= 15 is 0 Å². The fourth-order valence-electron chi connectivity index (χ4n) is 2.95. The van der Waals surface area contributed by atoms with Crippen LogP contribution in [0.2, 0.25) is 0 Å². The zero-order chi connectivity index (χ0) is 11.6. The van der Waals surface area contributed by atoms with Gasteiger partial charge < -0.3 is 0 Å².